The minimum Gasteiger partial charge on any atom is -0.497 e. The zero-order chi connectivity index (χ0) is 16.9. The summed E-state index contributed by atoms with van der Waals surface area (Å²) in [6.45, 7) is 3.05. The summed E-state index contributed by atoms with van der Waals surface area (Å²) in [4.78, 5) is 14.5. The molecule has 2 unspecified atom stereocenters. The molecule has 0 spiro atoms. The molecule has 2 aromatic rings. The van der Waals surface area contributed by atoms with E-state index in [2.05, 4.69) is 5.32 Å². The molecule has 126 valence electrons. The van der Waals surface area contributed by atoms with Gasteiger partial charge in [-0.25, -0.2) is 4.79 Å². The third kappa shape index (κ3) is 3.68. The Hall–Kier alpha value is -2.53. The molecule has 5 nitrogen and oxygen atoms in total. The summed E-state index contributed by atoms with van der Waals surface area (Å²) in [7, 11) is 1.62. The van der Waals surface area contributed by atoms with Gasteiger partial charge in [0.1, 0.15) is 11.9 Å². The van der Waals surface area contributed by atoms with E-state index in [0.29, 0.717) is 13.2 Å². The molecule has 0 bridgehead atoms. The number of ether oxygens (including phenoxy) is 2. The molecule has 1 fully saturated rings. The van der Waals surface area contributed by atoms with Crippen LogP contribution in [0.2, 0.25) is 0 Å². The Labute approximate surface area is 142 Å². The van der Waals surface area contributed by atoms with Crippen LogP contribution >= 0.6 is 0 Å². The van der Waals surface area contributed by atoms with Crippen LogP contribution in [0.25, 0.3) is 0 Å². The standard InChI is InChI=1S/C19H22N2O3/c1-14-13-24-18(15-6-4-3-5-7-15)12-21(14)19(22)20-16-8-10-17(23-2)11-9-16/h3-11,14,18H,12-13H2,1-2H3,(H,20,22). The Morgan fingerprint density at radius 3 is 2.54 bits per heavy atom. The van der Waals surface area contributed by atoms with Crippen molar-refractivity contribution in [2.24, 2.45) is 0 Å². The van der Waals surface area contributed by atoms with Gasteiger partial charge in [-0.2, -0.15) is 0 Å². The maximum absolute atomic E-state index is 12.6. The highest BCUT2D eigenvalue weighted by Gasteiger charge is 2.30. The number of rotatable bonds is 3. The Bertz CT molecular complexity index is 673. The zero-order valence-electron chi connectivity index (χ0n) is 13.9. The Morgan fingerprint density at radius 2 is 1.88 bits per heavy atom. The third-order valence-electron chi connectivity index (χ3n) is 4.21. The first-order valence-corrected chi connectivity index (χ1v) is 8.05. The van der Waals surface area contributed by atoms with Crippen molar-refractivity contribution < 1.29 is 14.3 Å². The topological polar surface area (TPSA) is 50.8 Å². The highest BCUT2D eigenvalue weighted by Crippen LogP contribution is 2.25. The van der Waals surface area contributed by atoms with E-state index < -0.39 is 0 Å². The minimum absolute atomic E-state index is 0.0308. The van der Waals surface area contributed by atoms with Crippen LogP contribution in [0.1, 0.15) is 18.6 Å². The van der Waals surface area contributed by atoms with Crippen LogP contribution in [0.3, 0.4) is 0 Å². The van der Waals surface area contributed by atoms with E-state index in [-0.39, 0.29) is 18.2 Å². The Morgan fingerprint density at radius 1 is 1.17 bits per heavy atom. The maximum atomic E-state index is 12.6. The number of carbonyl (C=O) groups is 1. The largest absolute Gasteiger partial charge is 0.497 e. The molecule has 2 aromatic carbocycles. The van der Waals surface area contributed by atoms with E-state index >= 15 is 0 Å². The van der Waals surface area contributed by atoms with Gasteiger partial charge in [-0.3, -0.25) is 0 Å². The van der Waals surface area contributed by atoms with E-state index in [1.54, 1.807) is 7.11 Å². The second kappa shape index (κ2) is 7.36. The number of methoxy groups -OCH3 is 1. The molecule has 0 saturated carbocycles. The SMILES string of the molecule is COc1ccc(NC(=O)N2CC(c3ccccc3)OCC2C)cc1. The predicted molar refractivity (Wildman–Crippen MR) is 93.3 cm³/mol. The molecule has 1 N–H and O–H groups in total. The lowest BCUT2D eigenvalue weighted by molar-refractivity contribution is -0.0407. The van der Waals surface area contributed by atoms with Gasteiger partial charge in [0.25, 0.3) is 0 Å². The van der Waals surface area contributed by atoms with Gasteiger partial charge in [-0.15, -0.1) is 0 Å². The lowest BCUT2D eigenvalue weighted by Gasteiger charge is -2.38. The molecule has 0 radical (unpaired) electrons. The molecule has 2 amide bonds. The summed E-state index contributed by atoms with van der Waals surface area (Å²) in [5.74, 6) is 0.761. The molecule has 5 heteroatoms. The van der Waals surface area contributed by atoms with Gasteiger partial charge in [-0.1, -0.05) is 30.3 Å². The molecule has 0 aliphatic carbocycles. The normalized spacial score (nSPS) is 20.5. The van der Waals surface area contributed by atoms with Crippen LogP contribution in [0, 0.1) is 0 Å². The summed E-state index contributed by atoms with van der Waals surface area (Å²) in [6.07, 6.45) is -0.0935. The van der Waals surface area contributed by atoms with E-state index in [0.717, 1.165) is 17.0 Å². The summed E-state index contributed by atoms with van der Waals surface area (Å²) < 4.78 is 11.0. The van der Waals surface area contributed by atoms with Gasteiger partial charge >= 0.3 is 6.03 Å². The van der Waals surface area contributed by atoms with Gasteiger partial charge in [-0.05, 0) is 36.8 Å². The molecule has 3 rings (SSSR count). The van der Waals surface area contributed by atoms with Gasteiger partial charge in [0.2, 0.25) is 0 Å². The molecule has 1 aliphatic rings. The average Bonchev–Trinajstić information content (AvgIpc) is 2.63. The van der Waals surface area contributed by atoms with Crippen molar-refractivity contribution in [1.82, 2.24) is 4.90 Å². The molecule has 2 atom stereocenters. The van der Waals surface area contributed by atoms with Crippen LogP contribution in [0.15, 0.2) is 54.6 Å². The number of urea groups is 1. The van der Waals surface area contributed by atoms with Crippen molar-refractivity contribution >= 4 is 11.7 Å². The smallest absolute Gasteiger partial charge is 0.322 e. The van der Waals surface area contributed by atoms with Crippen LogP contribution < -0.4 is 10.1 Å². The Balaban J connectivity index is 1.68. The lowest BCUT2D eigenvalue weighted by Crippen LogP contribution is -2.49. The number of nitrogens with zero attached hydrogens (tertiary/aromatic N) is 1. The quantitative estimate of drug-likeness (QED) is 0.936. The van der Waals surface area contributed by atoms with E-state index in [1.807, 2.05) is 66.4 Å². The van der Waals surface area contributed by atoms with Crippen molar-refractivity contribution in [3.8, 4) is 5.75 Å². The van der Waals surface area contributed by atoms with Crippen molar-refractivity contribution in [2.45, 2.75) is 19.1 Å². The van der Waals surface area contributed by atoms with Crippen LogP contribution in [0.5, 0.6) is 5.75 Å². The van der Waals surface area contributed by atoms with Gasteiger partial charge in [0.05, 0.1) is 26.3 Å². The fraction of sp³-hybridized carbons (Fsp3) is 0.316. The maximum Gasteiger partial charge on any atom is 0.322 e. The number of anilines is 1. The first-order valence-electron chi connectivity index (χ1n) is 8.05. The molecular weight excluding hydrogens is 304 g/mol. The third-order valence-corrected chi connectivity index (χ3v) is 4.21. The van der Waals surface area contributed by atoms with E-state index in [4.69, 9.17) is 9.47 Å². The number of hydrogen-bond donors (Lipinski definition) is 1. The van der Waals surface area contributed by atoms with E-state index in [1.165, 1.54) is 0 Å². The lowest BCUT2D eigenvalue weighted by atomic mass is 10.1. The monoisotopic (exact) mass is 326 g/mol. The second-order valence-electron chi connectivity index (χ2n) is 5.89. The molecular formula is C19H22N2O3. The number of morpholine rings is 1. The van der Waals surface area contributed by atoms with Crippen molar-refractivity contribution in [2.75, 3.05) is 25.6 Å². The number of benzene rings is 2. The molecule has 1 saturated heterocycles. The first-order chi connectivity index (χ1) is 11.7. The molecule has 1 heterocycles. The van der Waals surface area contributed by atoms with Crippen LogP contribution in [-0.4, -0.2) is 37.2 Å². The van der Waals surface area contributed by atoms with Crippen LogP contribution in [0.4, 0.5) is 10.5 Å². The average molecular weight is 326 g/mol. The molecule has 24 heavy (non-hydrogen) atoms. The van der Waals surface area contributed by atoms with Crippen LogP contribution in [-0.2, 0) is 4.74 Å². The summed E-state index contributed by atoms with van der Waals surface area (Å²) in [6, 6.07) is 17.2. The second-order valence-corrected chi connectivity index (χ2v) is 5.89. The summed E-state index contributed by atoms with van der Waals surface area (Å²) in [5.41, 5.74) is 1.84. The minimum atomic E-state index is -0.114. The first kappa shape index (κ1) is 16.3. The van der Waals surface area contributed by atoms with Crippen molar-refractivity contribution in [3.05, 3.63) is 60.2 Å². The van der Waals surface area contributed by atoms with E-state index in [9.17, 15) is 4.79 Å². The fourth-order valence-electron chi connectivity index (χ4n) is 2.78. The summed E-state index contributed by atoms with van der Waals surface area (Å²) in [5, 5.41) is 2.94. The van der Waals surface area contributed by atoms with Gasteiger partial charge in [0, 0.05) is 5.69 Å². The fourth-order valence-corrected chi connectivity index (χ4v) is 2.78. The van der Waals surface area contributed by atoms with Gasteiger partial charge in [0.15, 0.2) is 0 Å². The number of nitrogens with one attached hydrogen (secondary N) is 1. The summed E-state index contributed by atoms with van der Waals surface area (Å²) >= 11 is 0. The van der Waals surface area contributed by atoms with Gasteiger partial charge < -0.3 is 19.7 Å². The highest BCUT2D eigenvalue weighted by atomic mass is 16.5. The zero-order valence-corrected chi connectivity index (χ0v) is 13.9. The number of hydrogen-bond acceptors (Lipinski definition) is 3. The predicted octanol–water partition coefficient (Wildman–Crippen LogP) is 3.69. The highest BCUT2D eigenvalue weighted by molar-refractivity contribution is 5.89. The Kier molecular flexibility index (Phi) is 5.01. The molecule has 1 aliphatic heterocycles. The molecule has 0 aromatic heterocycles. The number of amides is 2. The van der Waals surface area contributed by atoms with Crippen molar-refractivity contribution in [3.63, 3.8) is 0 Å². The number of carbonyl (C=O) groups excluding carboxylic acids is 1. The van der Waals surface area contributed by atoms with Crippen molar-refractivity contribution in [1.29, 1.82) is 0 Å².